The van der Waals surface area contributed by atoms with Crippen molar-refractivity contribution in [3.05, 3.63) is 18.0 Å². The van der Waals surface area contributed by atoms with Gasteiger partial charge in [-0.25, -0.2) is 13.1 Å². The van der Waals surface area contributed by atoms with Gasteiger partial charge < -0.3 is 15.2 Å². The Kier molecular flexibility index (Phi) is 7.06. The number of hydrogen-bond acceptors (Lipinski definition) is 4. The number of nitrogens with zero attached hydrogens (tertiary/aromatic N) is 1. The molecule has 1 fully saturated rings. The summed E-state index contributed by atoms with van der Waals surface area (Å²) in [6.07, 6.45) is 3.52. The summed E-state index contributed by atoms with van der Waals surface area (Å²) in [5.41, 5.74) is 0.315. The third-order valence-corrected chi connectivity index (χ3v) is 5.66. The number of piperidine rings is 1. The molecule has 1 amide bonds. The maximum absolute atomic E-state index is 12.5. The first-order valence-electron chi connectivity index (χ1n) is 7.46. The van der Waals surface area contributed by atoms with Crippen molar-refractivity contribution in [1.82, 2.24) is 19.9 Å². The molecule has 3 N–H and O–H groups in total. The fourth-order valence-corrected chi connectivity index (χ4v) is 4.13. The molecule has 1 aromatic heterocycles. The Morgan fingerprint density at radius 3 is 2.74 bits per heavy atom. The number of amides is 1. The SMILES string of the molecule is CNC(=O)c1cc(S(=O)(=O)NC(C)C2CCCNC2)cn1C.Cl. The predicted molar refractivity (Wildman–Crippen MR) is 91.4 cm³/mol. The zero-order valence-corrected chi connectivity index (χ0v) is 15.3. The molecule has 1 aliphatic heterocycles. The van der Waals surface area contributed by atoms with Crippen LogP contribution in [0.15, 0.2) is 17.2 Å². The Morgan fingerprint density at radius 1 is 1.48 bits per heavy atom. The fourth-order valence-electron chi connectivity index (χ4n) is 2.75. The monoisotopic (exact) mass is 364 g/mol. The van der Waals surface area contributed by atoms with E-state index in [4.69, 9.17) is 0 Å². The highest BCUT2D eigenvalue weighted by atomic mass is 35.5. The average Bonchev–Trinajstić information content (AvgIpc) is 2.90. The minimum absolute atomic E-state index is 0. The highest BCUT2D eigenvalue weighted by Gasteiger charge is 2.26. The normalized spacial score (nSPS) is 19.7. The summed E-state index contributed by atoms with van der Waals surface area (Å²) in [5.74, 6) is -0.0286. The van der Waals surface area contributed by atoms with E-state index in [1.807, 2.05) is 6.92 Å². The number of halogens is 1. The average molecular weight is 365 g/mol. The largest absolute Gasteiger partial charge is 0.354 e. The molecular formula is C14H25ClN4O3S. The van der Waals surface area contributed by atoms with Crippen LogP contribution in [-0.4, -0.2) is 45.1 Å². The Labute approximate surface area is 143 Å². The van der Waals surface area contributed by atoms with Gasteiger partial charge in [-0.3, -0.25) is 4.79 Å². The number of rotatable bonds is 5. The van der Waals surface area contributed by atoms with E-state index >= 15 is 0 Å². The summed E-state index contributed by atoms with van der Waals surface area (Å²) in [6, 6.07) is 1.24. The molecule has 1 aliphatic rings. The zero-order chi connectivity index (χ0) is 16.3. The number of carbonyl (C=O) groups excluding carboxylic acids is 1. The second-order valence-electron chi connectivity index (χ2n) is 5.77. The van der Waals surface area contributed by atoms with E-state index in [-0.39, 0.29) is 35.2 Å². The van der Waals surface area contributed by atoms with E-state index in [0.717, 1.165) is 25.9 Å². The summed E-state index contributed by atoms with van der Waals surface area (Å²) in [4.78, 5) is 11.8. The Bertz CT molecular complexity index is 638. The predicted octanol–water partition coefficient (Wildman–Crippen LogP) is 0.473. The number of sulfonamides is 1. The molecule has 7 nitrogen and oxygen atoms in total. The van der Waals surface area contributed by atoms with Crippen molar-refractivity contribution in [3.8, 4) is 0 Å². The Hall–Kier alpha value is -1.09. The lowest BCUT2D eigenvalue weighted by atomic mass is 9.94. The molecule has 9 heteroatoms. The molecule has 2 rings (SSSR count). The van der Waals surface area contributed by atoms with Crippen LogP contribution in [0.3, 0.4) is 0 Å². The van der Waals surface area contributed by atoms with E-state index in [0.29, 0.717) is 5.69 Å². The summed E-state index contributed by atoms with van der Waals surface area (Å²) in [6.45, 7) is 3.70. The van der Waals surface area contributed by atoms with Crippen LogP contribution in [0.1, 0.15) is 30.3 Å². The van der Waals surface area contributed by atoms with Crippen molar-refractivity contribution < 1.29 is 13.2 Å². The van der Waals surface area contributed by atoms with Gasteiger partial charge in [-0.1, -0.05) is 0 Å². The molecule has 2 heterocycles. The molecular weight excluding hydrogens is 340 g/mol. The molecule has 0 saturated carbocycles. The van der Waals surface area contributed by atoms with Crippen molar-refractivity contribution in [2.75, 3.05) is 20.1 Å². The van der Waals surface area contributed by atoms with Crippen LogP contribution in [0, 0.1) is 5.92 Å². The lowest BCUT2D eigenvalue weighted by Gasteiger charge is -2.28. The minimum atomic E-state index is -3.63. The molecule has 0 spiro atoms. The van der Waals surface area contributed by atoms with E-state index in [9.17, 15) is 13.2 Å². The summed E-state index contributed by atoms with van der Waals surface area (Å²) in [7, 11) is -0.466. The molecule has 2 unspecified atom stereocenters. The lowest BCUT2D eigenvalue weighted by Crippen LogP contribution is -2.44. The van der Waals surface area contributed by atoms with Gasteiger partial charge in [0.2, 0.25) is 10.0 Å². The highest BCUT2D eigenvalue weighted by Crippen LogP contribution is 2.18. The first-order chi connectivity index (χ1) is 10.3. The van der Waals surface area contributed by atoms with Gasteiger partial charge in [0, 0.05) is 26.3 Å². The Morgan fingerprint density at radius 2 is 2.17 bits per heavy atom. The zero-order valence-electron chi connectivity index (χ0n) is 13.6. The van der Waals surface area contributed by atoms with Gasteiger partial charge in [0.1, 0.15) is 10.6 Å². The van der Waals surface area contributed by atoms with Crippen molar-refractivity contribution in [1.29, 1.82) is 0 Å². The van der Waals surface area contributed by atoms with Crippen molar-refractivity contribution >= 4 is 28.3 Å². The van der Waals surface area contributed by atoms with Gasteiger partial charge in [0.25, 0.3) is 5.91 Å². The fraction of sp³-hybridized carbons (Fsp3) is 0.643. The molecule has 1 saturated heterocycles. The van der Waals surface area contributed by atoms with Crippen molar-refractivity contribution in [2.24, 2.45) is 13.0 Å². The van der Waals surface area contributed by atoms with Crippen LogP contribution in [0.2, 0.25) is 0 Å². The maximum Gasteiger partial charge on any atom is 0.267 e. The third-order valence-electron chi connectivity index (χ3n) is 4.13. The minimum Gasteiger partial charge on any atom is -0.354 e. The third kappa shape index (κ3) is 4.69. The molecule has 0 radical (unpaired) electrons. The van der Waals surface area contributed by atoms with Crippen LogP contribution in [0.25, 0.3) is 0 Å². The van der Waals surface area contributed by atoms with Crippen LogP contribution in [0.5, 0.6) is 0 Å². The topological polar surface area (TPSA) is 92.2 Å². The van der Waals surface area contributed by atoms with E-state index in [1.165, 1.54) is 23.9 Å². The van der Waals surface area contributed by atoms with Crippen LogP contribution >= 0.6 is 12.4 Å². The first kappa shape index (κ1) is 20.0. The van der Waals surface area contributed by atoms with Gasteiger partial charge >= 0.3 is 0 Å². The van der Waals surface area contributed by atoms with E-state index in [2.05, 4.69) is 15.4 Å². The number of nitrogens with one attached hydrogen (secondary N) is 3. The number of hydrogen-bond donors (Lipinski definition) is 3. The van der Waals surface area contributed by atoms with E-state index < -0.39 is 10.0 Å². The molecule has 23 heavy (non-hydrogen) atoms. The summed E-state index contributed by atoms with van der Waals surface area (Å²) in [5, 5.41) is 5.78. The van der Waals surface area contributed by atoms with Gasteiger partial charge in [-0.15, -0.1) is 12.4 Å². The Balaban J connectivity index is 0.00000264. The molecule has 1 aromatic rings. The molecule has 132 valence electrons. The number of aryl methyl sites for hydroxylation is 1. The second-order valence-corrected chi connectivity index (χ2v) is 7.48. The van der Waals surface area contributed by atoms with Crippen molar-refractivity contribution in [2.45, 2.75) is 30.7 Å². The van der Waals surface area contributed by atoms with Crippen LogP contribution < -0.4 is 15.4 Å². The summed E-state index contributed by atoms with van der Waals surface area (Å²) >= 11 is 0. The second kappa shape index (κ2) is 8.14. The molecule has 0 bridgehead atoms. The first-order valence-corrected chi connectivity index (χ1v) is 8.95. The molecule has 2 atom stereocenters. The van der Waals surface area contributed by atoms with Gasteiger partial charge in [-0.2, -0.15) is 0 Å². The maximum atomic E-state index is 12.5. The quantitative estimate of drug-likeness (QED) is 0.708. The number of carbonyl (C=O) groups is 1. The standard InChI is InChI=1S/C14H24N4O3S.ClH/c1-10(11-5-4-6-16-8-11)17-22(20,21)12-7-13(14(19)15-2)18(3)9-12;/h7,9-11,16-17H,4-6,8H2,1-3H3,(H,15,19);1H. The van der Waals surface area contributed by atoms with Gasteiger partial charge in [0.15, 0.2) is 0 Å². The van der Waals surface area contributed by atoms with E-state index in [1.54, 1.807) is 7.05 Å². The van der Waals surface area contributed by atoms with Crippen LogP contribution in [-0.2, 0) is 17.1 Å². The lowest BCUT2D eigenvalue weighted by molar-refractivity contribution is 0.0955. The highest BCUT2D eigenvalue weighted by molar-refractivity contribution is 7.89. The molecule has 0 aromatic carbocycles. The molecule has 0 aliphatic carbocycles. The number of aromatic nitrogens is 1. The summed E-state index contributed by atoms with van der Waals surface area (Å²) < 4.78 is 29.2. The van der Waals surface area contributed by atoms with Gasteiger partial charge in [0.05, 0.1) is 0 Å². The smallest absolute Gasteiger partial charge is 0.267 e. The van der Waals surface area contributed by atoms with Crippen molar-refractivity contribution in [3.63, 3.8) is 0 Å². The van der Waals surface area contributed by atoms with Gasteiger partial charge in [-0.05, 0) is 44.8 Å². The van der Waals surface area contributed by atoms with Crippen LogP contribution in [0.4, 0.5) is 0 Å².